The van der Waals surface area contributed by atoms with Gasteiger partial charge in [0.05, 0.1) is 7.11 Å². The summed E-state index contributed by atoms with van der Waals surface area (Å²) in [7, 11) is 1.46. The van der Waals surface area contributed by atoms with Crippen molar-refractivity contribution in [2.24, 2.45) is 0 Å². The van der Waals surface area contributed by atoms with E-state index >= 15 is 0 Å². The van der Waals surface area contributed by atoms with E-state index in [2.05, 4.69) is 4.74 Å². The first-order valence-electron chi connectivity index (χ1n) is 6.89. The summed E-state index contributed by atoms with van der Waals surface area (Å²) >= 11 is 0. The van der Waals surface area contributed by atoms with Gasteiger partial charge in [0.15, 0.2) is 0 Å². The quantitative estimate of drug-likeness (QED) is 0.455. The average molecular weight is 329 g/mol. The van der Waals surface area contributed by atoms with Gasteiger partial charge in [-0.2, -0.15) is 14.0 Å². The van der Waals surface area contributed by atoms with Gasteiger partial charge < -0.3 is 9.47 Å². The standard InChI is InChI=1S/C18H13F2NO3/c1-23-15-7-4-6-13(10-15)17(22)14(11-21)9-12-5-2-3-8-16(12)24-18(19)20/h2-10,18H,1H3/b14-9-. The number of rotatable bonds is 6. The fourth-order valence-electron chi connectivity index (χ4n) is 2.03. The molecule has 0 spiro atoms. The fourth-order valence-corrected chi connectivity index (χ4v) is 2.03. The van der Waals surface area contributed by atoms with Crippen LogP contribution in [0.25, 0.3) is 6.08 Å². The Kier molecular flexibility index (Phi) is 5.63. The van der Waals surface area contributed by atoms with Crippen molar-refractivity contribution in [3.8, 4) is 17.6 Å². The van der Waals surface area contributed by atoms with Crippen LogP contribution in [0.1, 0.15) is 15.9 Å². The largest absolute Gasteiger partial charge is 0.497 e. The molecule has 0 atom stereocenters. The number of alkyl halides is 2. The Morgan fingerprint density at radius 1 is 1.21 bits per heavy atom. The Labute approximate surface area is 137 Å². The predicted octanol–water partition coefficient (Wildman–Crippen LogP) is 4.09. The third kappa shape index (κ3) is 4.17. The summed E-state index contributed by atoms with van der Waals surface area (Å²) in [4.78, 5) is 12.4. The Morgan fingerprint density at radius 3 is 2.62 bits per heavy atom. The second-order valence-corrected chi connectivity index (χ2v) is 4.65. The molecule has 0 radical (unpaired) electrons. The molecule has 24 heavy (non-hydrogen) atoms. The van der Waals surface area contributed by atoms with E-state index in [1.807, 2.05) is 0 Å². The molecule has 2 rings (SSSR count). The van der Waals surface area contributed by atoms with Gasteiger partial charge in [-0.1, -0.05) is 30.3 Å². The number of ether oxygens (including phenoxy) is 2. The van der Waals surface area contributed by atoms with Crippen molar-refractivity contribution in [1.29, 1.82) is 5.26 Å². The van der Waals surface area contributed by atoms with Crippen molar-refractivity contribution in [2.75, 3.05) is 7.11 Å². The number of ketones is 1. The number of hydrogen-bond donors (Lipinski definition) is 0. The summed E-state index contributed by atoms with van der Waals surface area (Å²) in [6, 6.07) is 14.0. The first-order chi connectivity index (χ1) is 11.5. The maximum absolute atomic E-state index is 12.4. The Balaban J connectivity index is 2.39. The summed E-state index contributed by atoms with van der Waals surface area (Å²) in [5.41, 5.74) is 0.272. The van der Waals surface area contributed by atoms with E-state index in [9.17, 15) is 18.8 Å². The lowest BCUT2D eigenvalue weighted by Gasteiger charge is -2.08. The maximum Gasteiger partial charge on any atom is 0.387 e. The lowest BCUT2D eigenvalue weighted by atomic mass is 10.0. The van der Waals surface area contributed by atoms with E-state index in [0.29, 0.717) is 5.75 Å². The molecule has 0 unspecified atom stereocenters. The van der Waals surface area contributed by atoms with Crippen molar-refractivity contribution in [3.05, 3.63) is 65.2 Å². The molecule has 0 bridgehead atoms. The van der Waals surface area contributed by atoms with E-state index in [0.717, 1.165) is 0 Å². The molecule has 0 saturated carbocycles. The topological polar surface area (TPSA) is 59.3 Å². The Hall–Kier alpha value is -3.20. The number of para-hydroxylation sites is 1. The Morgan fingerprint density at radius 2 is 1.96 bits per heavy atom. The van der Waals surface area contributed by atoms with Crippen LogP contribution in [-0.4, -0.2) is 19.5 Å². The molecular formula is C18H13F2NO3. The van der Waals surface area contributed by atoms with Crippen molar-refractivity contribution in [2.45, 2.75) is 6.61 Å². The summed E-state index contributed by atoms with van der Waals surface area (Å²) < 4.78 is 34.3. The van der Waals surface area contributed by atoms with Crippen LogP contribution in [0.5, 0.6) is 11.5 Å². The monoisotopic (exact) mass is 329 g/mol. The number of halogens is 2. The van der Waals surface area contributed by atoms with Crippen LogP contribution >= 0.6 is 0 Å². The second-order valence-electron chi connectivity index (χ2n) is 4.65. The third-order valence-corrected chi connectivity index (χ3v) is 3.13. The summed E-state index contributed by atoms with van der Waals surface area (Å²) in [6.07, 6.45) is 1.22. The van der Waals surface area contributed by atoms with Crippen LogP contribution < -0.4 is 9.47 Å². The van der Waals surface area contributed by atoms with Gasteiger partial charge in [-0.25, -0.2) is 0 Å². The number of nitriles is 1. The SMILES string of the molecule is COc1cccc(C(=O)/C(C#N)=C\c2ccccc2OC(F)F)c1. The van der Waals surface area contributed by atoms with Gasteiger partial charge >= 0.3 is 6.61 Å². The second kappa shape index (κ2) is 7.88. The molecule has 0 aliphatic carbocycles. The van der Waals surface area contributed by atoms with E-state index in [4.69, 9.17) is 4.74 Å². The highest BCUT2D eigenvalue weighted by Gasteiger charge is 2.15. The highest BCUT2D eigenvalue weighted by molar-refractivity contribution is 6.14. The summed E-state index contributed by atoms with van der Waals surface area (Å²) in [6.45, 7) is -3.00. The van der Waals surface area contributed by atoms with Crippen LogP contribution in [0.4, 0.5) is 8.78 Å². The van der Waals surface area contributed by atoms with Crippen LogP contribution in [-0.2, 0) is 0 Å². The van der Waals surface area contributed by atoms with Gasteiger partial charge in [-0.3, -0.25) is 4.79 Å². The molecule has 0 aliphatic heterocycles. The van der Waals surface area contributed by atoms with Crippen molar-refractivity contribution in [1.82, 2.24) is 0 Å². The average Bonchev–Trinajstić information content (AvgIpc) is 2.60. The molecule has 0 aromatic heterocycles. The molecule has 2 aromatic rings. The number of allylic oxidation sites excluding steroid dienone is 1. The van der Waals surface area contributed by atoms with Gasteiger partial charge in [0.2, 0.25) is 5.78 Å². The zero-order chi connectivity index (χ0) is 17.5. The molecule has 122 valence electrons. The molecule has 2 aromatic carbocycles. The number of Topliss-reactive ketones (excluding diaryl/α,β-unsaturated/α-hetero) is 1. The van der Waals surface area contributed by atoms with E-state index in [1.165, 1.54) is 43.5 Å². The van der Waals surface area contributed by atoms with E-state index in [1.54, 1.807) is 24.3 Å². The zero-order valence-electron chi connectivity index (χ0n) is 12.7. The van der Waals surface area contributed by atoms with Gasteiger partial charge in [0, 0.05) is 11.1 Å². The van der Waals surface area contributed by atoms with E-state index in [-0.39, 0.29) is 22.4 Å². The van der Waals surface area contributed by atoms with Crippen LogP contribution in [0.2, 0.25) is 0 Å². The summed E-state index contributed by atoms with van der Waals surface area (Å²) in [5.74, 6) is -0.179. The van der Waals surface area contributed by atoms with Gasteiger partial charge in [0.1, 0.15) is 23.1 Å². The Bertz CT molecular complexity index is 810. The van der Waals surface area contributed by atoms with Crippen molar-refractivity contribution < 1.29 is 23.0 Å². The molecule has 0 heterocycles. The smallest absolute Gasteiger partial charge is 0.387 e. The van der Waals surface area contributed by atoms with Crippen molar-refractivity contribution in [3.63, 3.8) is 0 Å². The van der Waals surface area contributed by atoms with Gasteiger partial charge in [-0.05, 0) is 24.3 Å². The highest BCUT2D eigenvalue weighted by Crippen LogP contribution is 2.24. The molecule has 0 N–H and O–H groups in total. The zero-order valence-corrected chi connectivity index (χ0v) is 12.7. The fraction of sp³-hybridized carbons (Fsp3) is 0.111. The molecule has 0 amide bonds. The molecule has 0 fully saturated rings. The van der Waals surface area contributed by atoms with Gasteiger partial charge in [-0.15, -0.1) is 0 Å². The molecule has 0 aliphatic rings. The molecule has 4 nitrogen and oxygen atoms in total. The maximum atomic E-state index is 12.4. The van der Waals surface area contributed by atoms with Crippen molar-refractivity contribution >= 4 is 11.9 Å². The molecule has 0 saturated heterocycles. The number of methoxy groups -OCH3 is 1. The molecule has 6 heteroatoms. The van der Waals surface area contributed by atoms with E-state index < -0.39 is 12.4 Å². The normalized spacial score (nSPS) is 11.0. The summed E-state index contributed by atoms with van der Waals surface area (Å²) in [5, 5.41) is 9.26. The first-order valence-corrected chi connectivity index (χ1v) is 6.89. The highest BCUT2D eigenvalue weighted by atomic mass is 19.3. The van der Waals surface area contributed by atoms with Crippen LogP contribution in [0.3, 0.4) is 0 Å². The van der Waals surface area contributed by atoms with Crippen LogP contribution in [0.15, 0.2) is 54.1 Å². The molecular weight excluding hydrogens is 316 g/mol. The lowest BCUT2D eigenvalue weighted by molar-refractivity contribution is -0.0499. The minimum Gasteiger partial charge on any atom is -0.497 e. The number of carbonyl (C=O) groups is 1. The minimum atomic E-state index is -3.00. The minimum absolute atomic E-state index is 0.112. The number of hydrogen-bond acceptors (Lipinski definition) is 4. The lowest BCUT2D eigenvalue weighted by Crippen LogP contribution is -2.05. The van der Waals surface area contributed by atoms with Crippen LogP contribution in [0, 0.1) is 11.3 Å². The first kappa shape index (κ1) is 17.2. The number of nitrogens with zero attached hydrogens (tertiary/aromatic N) is 1. The number of benzene rings is 2. The number of carbonyl (C=O) groups excluding carboxylic acids is 1. The van der Waals surface area contributed by atoms with Gasteiger partial charge in [0.25, 0.3) is 0 Å². The third-order valence-electron chi connectivity index (χ3n) is 3.13. The predicted molar refractivity (Wildman–Crippen MR) is 84.0 cm³/mol.